The van der Waals surface area contributed by atoms with Crippen molar-refractivity contribution in [2.45, 2.75) is 25.9 Å². The second kappa shape index (κ2) is 9.47. The number of tetrazole rings is 1. The molecule has 0 spiro atoms. The van der Waals surface area contributed by atoms with E-state index in [-0.39, 0.29) is 29.6 Å². The highest BCUT2D eigenvalue weighted by molar-refractivity contribution is 5.98. The molecule has 0 aliphatic rings. The first-order valence-electron chi connectivity index (χ1n) is 10.3. The van der Waals surface area contributed by atoms with Gasteiger partial charge in [0, 0.05) is 17.5 Å². The summed E-state index contributed by atoms with van der Waals surface area (Å²) in [4.78, 5) is 26.1. The van der Waals surface area contributed by atoms with Crippen LogP contribution in [-0.4, -0.2) is 56.2 Å². The molecular weight excluding hydrogens is 426 g/mol. The van der Waals surface area contributed by atoms with Crippen LogP contribution in [0, 0.1) is 0 Å². The van der Waals surface area contributed by atoms with Crippen LogP contribution >= 0.6 is 0 Å². The second-order valence-corrected chi connectivity index (χ2v) is 7.28. The summed E-state index contributed by atoms with van der Waals surface area (Å²) in [6, 6.07) is 10.1. The van der Waals surface area contributed by atoms with Gasteiger partial charge in [0.1, 0.15) is 6.33 Å². The first-order valence-corrected chi connectivity index (χ1v) is 10.3. The van der Waals surface area contributed by atoms with Crippen LogP contribution in [0.5, 0.6) is 11.5 Å². The Morgan fingerprint density at radius 1 is 1.15 bits per heavy atom. The van der Waals surface area contributed by atoms with Crippen molar-refractivity contribution in [3.8, 4) is 17.2 Å². The summed E-state index contributed by atoms with van der Waals surface area (Å²) in [5.74, 6) is 0.445. The molecule has 4 rings (SSSR count). The summed E-state index contributed by atoms with van der Waals surface area (Å²) in [6.07, 6.45) is 3.61. The zero-order valence-electron chi connectivity index (χ0n) is 18.4. The van der Waals surface area contributed by atoms with Crippen LogP contribution in [0.4, 0.5) is 0 Å². The van der Waals surface area contributed by atoms with Crippen molar-refractivity contribution in [2.24, 2.45) is 0 Å². The van der Waals surface area contributed by atoms with E-state index in [0.717, 1.165) is 5.39 Å². The SMILES string of the molecule is CC[C@H](Cn1ncc2ccccc2c1=O)NC(=O)c1cc(OC)c(OC)cc1-n1cnnn1. The minimum Gasteiger partial charge on any atom is -0.493 e. The van der Waals surface area contributed by atoms with Crippen LogP contribution in [0.15, 0.2) is 53.7 Å². The average molecular weight is 449 g/mol. The summed E-state index contributed by atoms with van der Waals surface area (Å²) < 4.78 is 13.5. The highest BCUT2D eigenvalue weighted by atomic mass is 16.5. The number of aromatic nitrogens is 6. The Morgan fingerprint density at radius 3 is 2.61 bits per heavy atom. The Kier molecular flexibility index (Phi) is 6.29. The van der Waals surface area contributed by atoms with Gasteiger partial charge in [-0.1, -0.05) is 25.1 Å². The fourth-order valence-corrected chi connectivity index (χ4v) is 3.52. The molecule has 0 bridgehead atoms. The minimum atomic E-state index is -0.373. The van der Waals surface area contributed by atoms with E-state index in [2.05, 4.69) is 25.9 Å². The molecule has 2 aromatic heterocycles. The van der Waals surface area contributed by atoms with E-state index < -0.39 is 0 Å². The molecule has 1 N–H and O–H groups in total. The van der Waals surface area contributed by atoms with E-state index >= 15 is 0 Å². The largest absolute Gasteiger partial charge is 0.493 e. The number of nitrogens with zero attached hydrogens (tertiary/aromatic N) is 6. The van der Waals surface area contributed by atoms with E-state index in [1.165, 1.54) is 29.9 Å². The molecule has 11 nitrogen and oxygen atoms in total. The molecule has 1 atom stereocenters. The lowest BCUT2D eigenvalue weighted by Crippen LogP contribution is -2.40. The van der Waals surface area contributed by atoms with E-state index in [1.54, 1.807) is 24.4 Å². The summed E-state index contributed by atoms with van der Waals surface area (Å²) >= 11 is 0. The van der Waals surface area contributed by atoms with Gasteiger partial charge < -0.3 is 14.8 Å². The molecule has 2 heterocycles. The molecule has 0 saturated heterocycles. The highest BCUT2D eigenvalue weighted by Gasteiger charge is 2.22. The normalized spacial score (nSPS) is 11.8. The second-order valence-electron chi connectivity index (χ2n) is 7.28. The molecule has 4 aromatic rings. The molecule has 33 heavy (non-hydrogen) atoms. The zero-order valence-corrected chi connectivity index (χ0v) is 18.4. The molecule has 0 saturated carbocycles. The predicted molar refractivity (Wildman–Crippen MR) is 120 cm³/mol. The molecule has 2 aromatic carbocycles. The van der Waals surface area contributed by atoms with Gasteiger partial charge in [-0.05, 0) is 29.0 Å². The summed E-state index contributed by atoms with van der Waals surface area (Å²) in [6.45, 7) is 2.15. The summed E-state index contributed by atoms with van der Waals surface area (Å²) in [7, 11) is 2.99. The quantitative estimate of drug-likeness (QED) is 0.430. The molecule has 1 amide bonds. The van der Waals surface area contributed by atoms with Crippen molar-refractivity contribution in [1.82, 2.24) is 35.3 Å². The number of rotatable bonds is 8. The number of benzene rings is 2. The molecular formula is C22H23N7O4. The van der Waals surface area contributed by atoms with Crippen LogP contribution in [-0.2, 0) is 6.54 Å². The number of amides is 1. The molecule has 11 heteroatoms. The Morgan fingerprint density at radius 2 is 1.91 bits per heavy atom. The average Bonchev–Trinajstić information content (AvgIpc) is 3.39. The molecule has 0 radical (unpaired) electrons. The maximum Gasteiger partial charge on any atom is 0.274 e. The maximum atomic E-state index is 13.3. The van der Waals surface area contributed by atoms with Gasteiger partial charge in [0.05, 0.1) is 43.6 Å². The smallest absolute Gasteiger partial charge is 0.274 e. The number of methoxy groups -OCH3 is 2. The van der Waals surface area contributed by atoms with Crippen molar-refractivity contribution < 1.29 is 14.3 Å². The number of fused-ring (bicyclic) bond motifs is 1. The van der Waals surface area contributed by atoms with Crippen molar-refractivity contribution in [3.63, 3.8) is 0 Å². The van der Waals surface area contributed by atoms with Crippen LogP contribution < -0.4 is 20.3 Å². The van der Waals surface area contributed by atoms with Crippen LogP contribution in [0.1, 0.15) is 23.7 Å². The molecule has 0 aliphatic heterocycles. The van der Waals surface area contributed by atoms with Crippen LogP contribution in [0.25, 0.3) is 16.5 Å². The minimum absolute atomic E-state index is 0.207. The highest BCUT2D eigenvalue weighted by Crippen LogP contribution is 2.32. The third kappa shape index (κ3) is 4.38. The van der Waals surface area contributed by atoms with Crippen molar-refractivity contribution in [3.05, 3.63) is 64.8 Å². The van der Waals surface area contributed by atoms with Crippen molar-refractivity contribution in [1.29, 1.82) is 0 Å². The van der Waals surface area contributed by atoms with Gasteiger partial charge in [-0.25, -0.2) is 4.68 Å². The van der Waals surface area contributed by atoms with Gasteiger partial charge in [-0.2, -0.15) is 9.78 Å². The van der Waals surface area contributed by atoms with Gasteiger partial charge >= 0.3 is 0 Å². The number of hydrogen-bond acceptors (Lipinski definition) is 8. The molecule has 0 aliphatic carbocycles. The predicted octanol–water partition coefficient (Wildman–Crippen LogP) is 1.60. The van der Waals surface area contributed by atoms with Crippen molar-refractivity contribution >= 4 is 16.7 Å². The van der Waals surface area contributed by atoms with E-state index in [4.69, 9.17) is 9.47 Å². The van der Waals surface area contributed by atoms with Gasteiger partial charge in [-0.3, -0.25) is 9.59 Å². The van der Waals surface area contributed by atoms with E-state index in [9.17, 15) is 9.59 Å². The fourth-order valence-electron chi connectivity index (χ4n) is 3.52. The Bertz CT molecular complexity index is 1330. The number of ether oxygens (including phenoxy) is 2. The number of hydrogen-bond donors (Lipinski definition) is 1. The van der Waals surface area contributed by atoms with Crippen LogP contribution in [0.2, 0.25) is 0 Å². The number of nitrogens with one attached hydrogen (secondary N) is 1. The fraction of sp³-hybridized carbons (Fsp3) is 0.273. The van der Waals surface area contributed by atoms with Gasteiger partial charge in [0.2, 0.25) is 0 Å². The Balaban J connectivity index is 1.64. The van der Waals surface area contributed by atoms with Gasteiger partial charge in [-0.15, -0.1) is 5.10 Å². The lowest BCUT2D eigenvalue weighted by molar-refractivity contribution is 0.0930. The topological polar surface area (TPSA) is 126 Å². The number of carbonyl (C=O) groups excluding carboxylic acids is 1. The third-order valence-corrected chi connectivity index (χ3v) is 5.33. The first kappa shape index (κ1) is 21.9. The zero-order chi connectivity index (χ0) is 23.4. The standard InChI is InChI=1S/C22H23N7O4/c1-4-15(12-28-22(31)16-8-6-5-7-14(16)11-24-28)25-21(30)17-9-19(32-2)20(33-3)10-18(17)29-13-23-26-27-29/h5-11,13,15H,4,12H2,1-3H3,(H,25,30)/t15-/m1/s1. The van der Waals surface area contributed by atoms with Gasteiger partial charge in [0.25, 0.3) is 11.5 Å². The first-order chi connectivity index (χ1) is 16.0. The van der Waals surface area contributed by atoms with Crippen molar-refractivity contribution in [2.75, 3.05) is 14.2 Å². The van der Waals surface area contributed by atoms with E-state index in [1.807, 2.05) is 25.1 Å². The van der Waals surface area contributed by atoms with Gasteiger partial charge in [0.15, 0.2) is 11.5 Å². The van der Waals surface area contributed by atoms with E-state index in [0.29, 0.717) is 29.0 Å². The lowest BCUT2D eigenvalue weighted by atomic mass is 10.1. The Labute approximate surface area is 188 Å². The van der Waals surface area contributed by atoms with Crippen LogP contribution in [0.3, 0.4) is 0 Å². The lowest BCUT2D eigenvalue weighted by Gasteiger charge is -2.20. The number of carbonyl (C=O) groups is 1. The molecule has 170 valence electrons. The monoisotopic (exact) mass is 449 g/mol. The summed E-state index contributed by atoms with van der Waals surface area (Å²) in [5, 5.41) is 19.8. The third-order valence-electron chi connectivity index (χ3n) is 5.33. The molecule has 0 unspecified atom stereocenters. The molecule has 0 fully saturated rings. The maximum absolute atomic E-state index is 13.3. The summed E-state index contributed by atoms with van der Waals surface area (Å²) in [5.41, 5.74) is 0.504. The Hall–Kier alpha value is -4.28.